The summed E-state index contributed by atoms with van der Waals surface area (Å²) in [6.45, 7) is 0. The van der Waals surface area contributed by atoms with Gasteiger partial charge in [-0.1, -0.05) is 243 Å². The SMILES string of the molecule is N#Cc1cc(-c2nc(-c3ccccc3)cc(-c3ccccc3)n2)c(-n2c3ccc(-c4nc(-c5ccccc5)nc(-c5ccccc5)n4)cc3c3cc(-c4nc(-c5ccccc5)nc(-c5ccccc5)n4)ccc32)c(-c2nc(-c3ccccc3)cc(-c3ccccc3)n2)c1. The van der Waals surface area contributed by atoms with Gasteiger partial charge in [-0.25, -0.2) is 49.8 Å². The molecule has 12 heteroatoms. The third kappa shape index (κ3) is 10.9. The van der Waals surface area contributed by atoms with Gasteiger partial charge in [0.1, 0.15) is 0 Å². The van der Waals surface area contributed by atoms with Gasteiger partial charge in [0.15, 0.2) is 46.6 Å². The molecule has 93 heavy (non-hydrogen) atoms. The van der Waals surface area contributed by atoms with Crippen LogP contribution in [0.15, 0.2) is 303 Å². The molecule has 5 aromatic heterocycles. The van der Waals surface area contributed by atoms with Crippen LogP contribution in [0.2, 0.25) is 0 Å². The fraction of sp³-hybridized carbons (Fsp3) is 0. The first kappa shape index (κ1) is 55.2. The number of rotatable bonds is 13. The van der Waals surface area contributed by atoms with E-state index in [0.717, 1.165) is 77.4 Å². The Hall–Kier alpha value is -13.1. The molecule has 0 N–H and O–H groups in total. The van der Waals surface area contributed by atoms with Crippen molar-refractivity contribution in [3.63, 3.8) is 0 Å². The second kappa shape index (κ2) is 24.1. The normalized spacial score (nSPS) is 11.2. The highest BCUT2D eigenvalue weighted by Crippen LogP contribution is 2.45. The third-order valence-corrected chi connectivity index (χ3v) is 16.4. The van der Waals surface area contributed by atoms with Crippen LogP contribution in [0.4, 0.5) is 0 Å². The van der Waals surface area contributed by atoms with Gasteiger partial charge in [-0.15, -0.1) is 0 Å². The molecule has 0 fully saturated rings. The second-order valence-electron chi connectivity index (χ2n) is 22.3. The van der Waals surface area contributed by atoms with E-state index in [1.165, 1.54) is 0 Å². The predicted molar refractivity (Wildman–Crippen MR) is 369 cm³/mol. The summed E-state index contributed by atoms with van der Waals surface area (Å²) in [5, 5.41) is 13.0. The molecular formula is C81H50N12. The molecule has 5 heterocycles. The molecule has 0 radical (unpaired) electrons. The number of benzene rings is 11. The summed E-state index contributed by atoms with van der Waals surface area (Å²) < 4.78 is 2.24. The van der Waals surface area contributed by atoms with Gasteiger partial charge in [0, 0.05) is 77.5 Å². The summed E-state index contributed by atoms with van der Waals surface area (Å²) in [4.78, 5) is 53.0. The monoisotopic (exact) mass is 1190 g/mol. The van der Waals surface area contributed by atoms with Crippen molar-refractivity contribution >= 4 is 21.8 Å². The zero-order valence-corrected chi connectivity index (χ0v) is 49.7. The molecule has 16 aromatic rings. The number of nitriles is 1. The molecule has 11 aromatic carbocycles. The van der Waals surface area contributed by atoms with Crippen molar-refractivity contribution in [2.75, 3.05) is 0 Å². The van der Waals surface area contributed by atoms with E-state index < -0.39 is 0 Å². The topological polar surface area (TPSA) is 158 Å². The number of hydrogen-bond acceptors (Lipinski definition) is 11. The maximum Gasteiger partial charge on any atom is 0.164 e. The molecule has 16 rings (SSSR count). The maximum atomic E-state index is 11.4. The third-order valence-electron chi connectivity index (χ3n) is 16.4. The predicted octanol–water partition coefficient (Wildman–Crippen LogP) is 18.6. The Kier molecular flexibility index (Phi) is 14.3. The van der Waals surface area contributed by atoms with E-state index >= 15 is 0 Å². The molecule has 0 atom stereocenters. The summed E-state index contributed by atoms with van der Waals surface area (Å²) in [7, 11) is 0. The average molecular weight is 1190 g/mol. The number of nitrogens with zero attached hydrogens (tertiary/aromatic N) is 12. The van der Waals surface area contributed by atoms with Gasteiger partial charge in [-0.3, -0.25) is 0 Å². The zero-order chi connectivity index (χ0) is 62.0. The molecule has 0 spiro atoms. The molecule has 0 unspecified atom stereocenters. The van der Waals surface area contributed by atoms with Crippen LogP contribution in [0.1, 0.15) is 5.56 Å². The van der Waals surface area contributed by atoms with Crippen molar-refractivity contribution in [2.24, 2.45) is 0 Å². The Morgan fingerprint density at radius 1 is 0.226 bits per heavy atom. The zero-order valence-electron chi connectivity index (χ0n) is 49.7. The van der Waals surface area contributed by atoms with Crippen molar-refractivity contribution in [1.82, 2.24) is 54.4 Å². The number of hydrogen-bond donors (Lipinski definition) is 0. The van der Waals surface area contributed by atoms with Gasteiger partial charge in [-0.2, -0.15) is 5.26 Å². The number of fused-ring (bicyclic) bond motifs is 3. The lowest BCUT2D eigenvalue weighted by molar-refractivity contribution is 1.07. The lowest BCUT2D eigenvalue weighted by Crippen LogP contribution is -2.07. The van der Waals surface area contributed by atoms with E-state index in [9.17, 15) is 5.26 Å². The molecule has 0 saturated heterocycles. The molecule has 0 aliphatic carbocycles. The lowest BCUT2D eigenvalue weighted by Gasteiger charge is -2.20. The molecule has 434 valence electrons. The van der Waals surface area contributed by atoms with Crippen LogP contribution >= 0.6 is 0 Å². The highest BCUT2D eigenvalue weighted by molar-refractivity contribution is 6.12. The van der Waals surface area contributed by atoms with Gasteiger partial charge in [0.25, 0.3) is 0 Å². The van der Waals surface area contributed by atoms with Crippen LogP contribution in [0.3, 0.4) is 0 Å². The first-order valence-electron chi connectivity index (χ1n) is 30.4. The van der Waals surface area contributed by atoms with E-state index in [-0.39, 0.29) is 0 Å². The largest absolute Gasteiger partial charge is 0.308 e. The quantitative estimate of drug-likeness (QED) is 0.108. The molecule has 0 amide bonds. The van der Waals surface area contributed by atoms with Crippen LogP contribution < -0.4 is 0 Å². The van der Waals surface area contributed by atoms with Crippen LogP contribution in [0.5, 0.6) is 0 Å². The van der Waals surface area contributed by atoms with Gasteiger partial charge in [0.05, 0.1) is 51.1 Å². The minimum atomic E-state index is 0.357. The Morgan fingerprint density at radius 2 is 0.473 bits per heavy atom. The van der Waals surface area contributed by atoms with Crippen LogP contribution in [-0.4, -0.2) is 54.4 Å². The molecule has 0 bridgehead atoms. The second-order valence-corrected chi connectivity index (χ2v) is 22.3. The summed E-state index contributed by atoms with van der Waals surface area (Å²) in [6, 6.07) is 103. The van der Waals surface area contributed by atoms with Gasteiger partial charge in [-0.05, 0) is 60.7 Å². The van der Waals surface area contributed by atoms with Crippen LogP contribution in [0.25, 0.3) is 164 Å². The number of aromatic nitrogens is 11. The van der Waals surface area contributed by atoms with Gasteiger partial charge >= 0.3 is 0 Å². The molecule has 0 aliphatic rings. The van der Waals surface area contributed by atoms with Crippen molar-refractivity contribution in [2.45, 2.75) is 0 Å². The van der Waals surface area contributed by atoms with Crippen molar-refractivity contribution in [3.05, 3.63) is 309 Å². The standard InChI is InChI=1S/C81H50N12/c82-51-52-45-65(80-83-67(53-25-9-1-10-26-53)49-68(84-80)54-27-11-2-12-28-54)73(66(46-52)81-85-69(55-29-13-3-14-30-55)50-70(86-81)56-31-15-4-16-32-56)93-71-43-41-61(78-89-74(57-33-17-5-18-34-57)87-75(90-78)58-35-19-6-20-36-58)47-63(71)64-48-62(42-44-72(64)93)79-91-76(59-37-21-7-22-38-59)88-77(92-79)60-39-23-8-24-40-60/h1-50H. The summed E-state index contributed by atoms with van der Waals surface area (Å²) in [6.07, 6.45) is 0. The molecule has 12 nitrogen and oxygen atoms in total. The fourth-order valence-corrected chi connectivity index (χ4v) is 11.9. The molecular weight excluding hydrogens is 1140 g/mol. The highest BCUT2D eigenvalue weighted by atomic mass is 15.1. The van der Waals surface area contributed by atoms with E-state index in [1.807, 2.05) is 267 Å². The fourth-order valence-electron chi connectivity index (χ4n) is 11.9. The Morgan fingerprint density at radius 3 is 0.731 bits per heavy atom. The summed E-state index contributed by atoms with van der Waals surface area (Å²) >= 11 is 0. The highest BCUT2D eigenvalue weighted by Gasteiger charge is 2.27. The van der Waals surface area contributed by atoms with E-state index in [4.69, 9.17) is 49.8 Å². The molecule has 0 aliphatic heterocycles. The van der Waals surface area contributed by atoms with E-state index in [0.29, 0.717) is 91.7 Å². The average Bonchev–Trinajstić information content (AvgIpc) is 1.59. The van der Waals surface area contributed by atoms with Crippen molar-refractivity contribution in [3.8, 4) is 148 Å². The van der Waals surface area contributed by atoms with Gasteiger partial charge < -0.3 is 4.57 Å². The van der Waals surface area contributed by atoms with E-state index in [2.05, 4.69) is 47.0 Å². The van der Waals surface area contributed by atoms with Crippen LogP contribution in [-0.2, 0) is 0 Å². The summed E-state index contributed by atoms with van der Waals surface area (Å²) in [5.41, 5.74) is 15.0. The Balaban J connectivity index is 1.03. The summed E-state index contributed by atoms with van der Waals surface area (Å²) in [5.74, 6) is 3.88. The maximum absolute atomic E-state index is 11.4. The lowest BCUT2D eigenvalue weighted by atomic mass is 9.99. The first-order chi connectivity index (χ1) is 46.0. The Labute approximate surface area is 535 Å². The minimum Gasteiger partial charge on any atom is -0.308 e. The van der Waals surface area contributed by atoms with E-state index in [1.54, 1.807) is 0 Å². The minimum absolute atomic E-state index is 0.357. The van der Waals surface area contributed by atoms with Crippen LogP contribution in [0, 0.1) is 11.3 Å². The van der Waals surface area contributed by atoms with Gasteiger partial charge in [0.2, 0.25) is 0 Å². The smallest absolute Gasteiger partial charge is 0.164 e. The molecule has 0 saturated carbocycles. The first-order valence-corrected chi connectivity index (χ1v) is 30.4. The Bertz CT molecular complexity index is 4920. The van der Waals surface area contributed by atoms with Crippen molar-refractivity contribution < 1.29 is 0 Å². The van der Waals surface area contributed by atoms with Crippen molar-refractivity contribution in [1.29, 1.82) is 5.26 Å².